The molecule has 0 aliphatic rings. The number of thioether (sulfide) groups is 1. The van der Waals surface area contributed by atoms with Crippen molar-refractivity contribution in [3.8, 4) is 11.4 Å². The molecule has 3 heterocycles. The molecule has 8 heteroatoms. The van der Waals surface area contributed by atoms with Crippen molar-refractivity contribution < 1.29 is 4.79 Å². The van der Waals surface area contributed by atoms with E-state index < -0.39 is 0 Å². The van der Waals surface area contributed by atoms with E-state index in [2.05, 4.69) is 33.4 Å². The molecule has 0 radical (unpaired) electrons. The molecular weight excluding hydrogens is 426 g/mol. The van der Waals surface area contributed by atoms with Crippen LogP contribution in [0.25, 0.3) is 11.4 Å². The number of hydrogen-bond donors (Lipinski definition) is 0. The highest BCUT2D eigenvalue weighted by Crippen LogP contribution is 2.23. The second kappa shape index (κ2) is 10.4. The Labute approximate surface area is 190 Å². The zero-order valence-corrected chi connectivity index (χ0v) is 18.9. The van der Waals surface area contributed by atoms with Gasteiger partial charge >= 0.3 is 0 Å². The minimum Gasteiger partial charge on any atom is -0.336 e. The zero-order chi connectivity index (χ0) is 21.5. The fourth-order valence-corrected chi connectivity index (χ4v) is 4.74. The quantitative estimate of drug-likeness (QED) is 0.357. The number of hydrogen-bond acceptors (Lipinski definition) is 6. The van der Waals surface area contributed by atoms with Gasteiger partial charge in [0.15, 0.2) is 11.0 Å². The Hall–Kier alpha value is -2.97. The summed E-state index contributed by atoms with van der Waals surface area (Å²) in [6.07, 6.45) is 4.30. The maximum atomic E-state index is 13.1. The molecule has 0 aliphatic carbocycles. The molecule has 0 saturated carbocycles. The minimum absolute atomic E-state index is 0.0998. The average Bonchev–Trinajstić information content (AvgIpc) is 3.46. The van der Waals surface area contributed by atoms with Crippen LogP contribution in [0.2, 0.25) is 0 Å². The molecule has 1 amide bonds. The summed E-state index contributed by atoms with van der Waals surface area (Å²) in [6.45, 7) is 1.31. The van der Waals surface area contributed by atoms with Gasteiger partial charge in [0.2, 0.25) is 5.91 Å². The van der Waals surface area contributed by atoms with Gasteiger partial charge in [0.05, 0.1) is 12.3 Å². The lowest BCUT2D eigenvalue weighted by molar-refractivity contribution is -0.128. The first-order chi connectivity index (χ1) is 15.2. The Morgan fingerprint density at radius 1 is 1.06 bits per heavy atom. The summed E-state index contributed by atoms with van der Waals surface area (Å²) < 4.78 is 1.92. The summed E-state index contributed by atoms with van der Waals surface area (Å²) in [7, 11) is 1.92. The van der Waals surface area contributed by atoms with Crippen molar-refractivity contribution in [2.45, 2.75) is 18.1 Å². The Kier molecular flexibility index (Phi) is 7.11. The average molecular weight is 450 g/mol. The second-order valence-corrected chi connectivity index (χ2v) is 8.99. The first-order valence-corrected chi connectivity index (χ1v) is 11.8. The Bertz CT molecular complexity index is 1100. The molecule has 31 heavy (non-hydrogen) atoms. The molecule has 3 aromatic heterocycles. The van der Waals surface area contributed by atoms with Crippen LogP contribution < -0.4 is 0 Å². The molecule has 0 atom stereocenters. The summed E-state index contributed by atoms with van der Waals surface area (Å²) >= 11 is 3.10. The number of carbonyl (C=O) groups excluding carboxylic acids is 1. The zero-order valence-electron chi connectivity index (χ0n) is 17.2. The van der Waals surface area contributed by atoms with Crippen LogP contribution in [-0.2, 0) is 24.8 Å². The van der Waals surface area contributed by atoms with Gasteiger partial charge in [0.1, 0.15) is 0 Å². The third-order valence-corrected chi connectivity index (χ3v) is 6.76. The summed E-state index contributed by atoms with van der Waals surface area (Å²) in [5, 5.41) is 11.3. The fraction of sp³-hybridized carbons (Fsp3) is 0.217. The van der Waals surface area contributed by atoms with Gasteiger partial charge in [-0.3, -0.25) is 9.78 Å². The SMILES string of the molecule is Cn1c(SCC(=O)N(CCc2ccccc2)Cc2cccs2)nnc1-c1ccncc1. The van der Waals surface area contributed by atoms with Gasteiger partial charge in [-0.2, -0.15) is 0 Å². The molecule has 0 saturated heterocycles. The summed E-state index contributed by atoms with van der Waals surface area (Å²) in [5.41, 5.74) is 2.18. The lowest BCUT2D eigenvalue weighted by Crippen LogP contribution is -2.33. The van der Waals surface area contributed by atoms with Crippen molar-refractivity contribution in [2.24, 2.45) is 7.05 Å². The van der Waals surface area contributed by atoms with Crippen molar-refractivity contribution in [1.29, 1.82) is 0 Å². The van der Waals surface area contributed by atoms with Gasteiger partial charge in [-0.1, -0.05) is 48.2 Å². The first kappa shape index (κ1) is 21.3. The second-order valence-electron chi connectivity index (χ2n) is 7.02. The van der Waals surface area contributed by atoms with Crippen LogP contribution in [0.1, 0.15) is 10.4 Å². The van der Waals surface area contributed by atoms with Crippen LogP contribution in [0, 0.1) is 0 Å². The number of nitrogens with zero attached hydrogens (tertiary/aromatic N) is 5. The van der Waals surface area contributed by atoms with Crippen molar-refractivity contribution in [2.75, 3.05) is 12.3 Å². The monoisotopic (exact) mass is 449 g/mol. The minimum atomic E-state index is 0.0998. The summed E-state index contributed by atoms with van der Waals surface area (Å²) in [5.74, 6) is 1.18. The van der Waals surface area contributed by atoms with Crippen LogP contribution in [0.4, 0.5) is 0 Å². The molecule has 6 nitrogen and oxygen atoms in total. The van der Waals surface area contributed by atoms with Crippen molar-refractivity contribution >= 4 is 29.0 Å². The number of aromatic nitrogens is 4. The van der Waals surface area contributed by atoms with E-state index in [1.807, 2.05) is 58.3 Å². The van der Waals surface area contributed by atoms with Crippen LogP contribution in [-0.4, -0.2) is 42.9 Å². The standard InChI is InChI=1S/C23H23N5OS2/c1-27-22(19-9-12-24-13-10-19)25-26-23(27)31-17-21(29)28(16-20-8-5-15-30-20)14-11-18-6-3-2-4-7-18/h2-10,12-13,15H,11,14,16-17H2,1H3. The van der Waals surface area contributed by atoms with E-state index in [1.54, 1.807) is 23.7 Å². The maximum Gasteiger partial charge on any atom is 0.233 e. The normalized spacial score (nSPS) is 10.9. The Morgan fingerprint density at radius 3 is 2.61 bits per heavy atom. The predicted molar refractivity (Wildman–Crippen MR) is 125 cm³/mol. The van der Waals surface area contributed by atoms with E-state index in [9.17, 15) is 4.79 Å². The van der Waals surface area contributed by atoms with Crippen LogP contribution in [0.15, 0.2) is 77.5 Å². The van der Waals surface area contributed by atoms with Gasteiger partial charge in [-0.15, -0.1) is 21.5 Å². The van der Waals surface area contributed by atoms with Crippen LogP contribution >= 0.6 is 23.1 Å². The predicted octanol–water partition coefficient (Wildman–Crippen LogP) is 4.30. The first-order valence-electron chi connectivity index (χ1n) is 9.97. The fourth-order valence-electron chi connectivity index (χ4n) is 3.20. The topological polar surface area (TPSA) is 63.9 Å². The largest absolute Gasteiger partial charge is 0.336 e. The Morgan fingerprint density at radius 2 is 1.87 bits per heavy atom. The number of thiophene rings is 1. The molecule has 0 unspecified atom stereocenters. The lowest BCUT2D eigenvalue weighted by atomic mass is 10.1. The molecule has 0 aliphatic heterocycles. The van der Waals surface area contributed by atoms with E-state index in [1.165, 1.54) is 22.2 Å². The van der Waals surface area contributed by atoms with E-state index in [-0.39, 0.29) is 5.91 Å². The van der Waals surface area contributed by atoms with E-state index in [0.29, 0.717) is 18.8 Å². The third-order valence-electron chi connectivity index (χ3n) is 4.89. The molecule has 0 fully saturated rings. The van der Waals surface area contributed by atoms with Gasteiger partial charge in [0, 0.05) is 36.4 Å². The molecule has 4 rings (SSSR count). The van der Waals surface area contributed by atoms with Gasteiger partial charge in [-0.05, 0) is 35.6 Å². The van der Waals surface area contributed by atoms with E-state index >= 15 is 0 Å². The van der Waals surface area contributed by atoms with Gasteiger partial charge in [-0.25, -0.2) is 0 Å². The van der Waals surface area contributed by atoms with Crippen LogP contribution in [0.3, 0.4) is 0 Å². The number of carbonyl (C=O) groups is 1. The van der Waals surface area contributed by atoms with E-state index in [4.69, 9.17) is 0 Å². The van der Waals surface area contributed by atoms with Gasteiger partial charge < -0.3 is 9.47 Å². The molecule has 1 aromatic carbocycles. The molecule has 158 valence electrons. The highest BCUT2D eigenvalue weighted by molar-refractivity contribution is 7.99. The molecular formula is C23H23N5OS2. The molecule has 0 N–H and O–H groups in total. The highest BCUT2D eigenvalue weighted by atomic mass is 32.2. The van der Waals surface area contributed by atoms with Crippen molar-refractivity contribution in [1.82, 2.24) is 24.6 Å². The third kappa shape index (κ3) is 5.59. The van der Waals surface area contributed by atoms with E-state index in [0.717, 1.165) is 23.0 Å². The number of benzene rings is 1. The summed E-state index contributed by atoms with van der Waals surface area (Å²) in [6, 6.07) is 18.2. The lowest BCUT2D eigenvalue weighted by Gasteiger charge is -2.22. The smallest absolute Gasteiger partial charge is 0.233 e. The van der Waals surface area contributed by atoms with Crippen molar-refractivity contribution in [3.05, 3.63) is 82.8 Å². The number of amides is 1. The highest BCUT2D eigenvalue weighted by Gasteiger charge is 2.18. The number of pyridine rings is 1. The van der Waals surface area contributed by atoms with Crippen LogP contribution in [0.5, 0.6) is 0 Å². The Balaban J connectivity index is 1.41. The molecule has 4 aromatic rings. The summed E-state index contributed by atoms with van der Waals surface area (Å²) in [4.78, 5) is 20.3. The van der Waals surface area contributed by atoms with Crippen molar-refractivity contribution in [3.63, 3.8) is 0 Å². The maximum absolute atomic E-state index is 13.1. The number of rotatable bonds is 9. The van der Waals surface area contributed by atoms with Gasteiger partial charge in [0.25, 0.3) is 0 Å². The molecule has 0 spiro atoms. The molecule has 0 bridgehead atoms.